The van der Waals surface area contributed by atoms with Crippen LogP contribution in [0.3, 0.4) is 0 Å². The molecule has 0 spiro atoms. The first-order chi connectivity index (χ1) is 12.7. The maximum absolute atomic E-state index is 10.1. The third kappa shape index (κ3) is 6.87. The molecule has 2 aliphatic heterocycles. The van der Waals surface area contributed by atoms with Crippen LogP contribution in [-0.4, -0.2) is 128 Å². The van der Waals surface area contributed by atoms with Crippen LogP contribution in [-0.2, 0) is 18.9 Å². The summed E-state index contributed by atoms with van der Waals surface area (Å²) >= 11 is 3.90. The molecule has 2 heterocycles. The summed E-state index contributed by atoms with van der Waals surface area (Å²) in [5.74, 6) is -2.25. The molecule has 0 aliphatic carbocycles. The summed E-state index contributed by atoms with van der Waals surface area (Å²) in [7, 11) is 0. The fourth-order valence-electron chi connectivity index (χ4n) is 2.88. The molecule has 184 valence electrons. The van der Waals surface area contributed by atoms with Crippen molar-refractivity contribution < 1.29 is 59.8 Å². The highest BCUT2D eigenvalue weighted by Crippen LogP contribution is 2.36. The van der Waals surface area contributed by atoms with Crippen LogP contribution in [0.5, 0.6) is 0 Å². The number of hydrogen-bond acceptors (Lipinski definition) is 13. The average molecular weight is 528 g/mol. The summed E-state index contributed by atoms with van der Waals surface area (Å²) in [6, 6.07) is 0. The second kappa shape index (κ2) is 14.1. The molecule has 0 saturated carbocycles. The first-order valence-electron chi connectivity index (χ1n) is 8.24. The molecule has 16 heteroatoms. The molecule has 2 fully saturated rings. The molecular formula is C14H29Cl3O12S. The Hall–Kier alpha value is 0.740. The molecular weight excluding hydrogens is 499 g/mol. The summed E-state index contributed by atoms with van der Waals surface area (Å²) < 4.78 is 21.0. The Morgan fingerprint density at radius 2 is 1.47 bits per heavy atom. The average Bonchev–Trinajstić information content (AvgIpc) is 2.92. The molecule has 0 aromatic rings. The number of rotatable bonds is 8. The van der Waals surface area contributed by atoms with Crippen molar-refractivity contribution in [2.24, 2.45) is 0 Å². The quantitative estimate of drug-likeness (QED) is 0.110. The van der Waals surface area contributed by atoms with Crippen molar-refractivity contribution in [2.75, 3.05) is 26.4 Å². The smallest absolute Gasteiger partial charge is 0.224 e. The zero-order valence-electron chi connectivity index (χ0n) is 15.4. The van der Waals surface area contributed by atoms with Gasteiger partial charge in [0.15, 0.2) is 6.29 Å². The van der Waals surface area contributed by atoms with Crippen molar-refractivity contribution in [2.45, 2.75) is 60.2 Å². The van der Waals surface area contributed by atoms with E-state index < -0.39 is 80.1 Å². The highest BCUT2D eigenvalue weighted by atomic mass is 35.5. The summed E-state index contributed by atoms with van der Waals surface area (Å²) in [6.07, 6.45) is -12.7. The SMILES string of the molecule is Cl.Cl.Cl.OCC(S)OC[C@H]1O[C@H](O[C@]2(CO)O[C@H](CO)[C@@H](O)[C@@H]2O)[C@H](O)[C@@H](O)[C@@H]1O. The van der Waals surface area contributed by atoms with E-state index in [1.807, 2.05) is 0 Å². The first-order valence-corrected chi connectivity index (χ1v) is 8.76. The minimum Gasteiger partial charge on any atom is -0.394 e. The van der Waals surface area contributed by atoms with E-state index in [0.717, 1.165) is 0 Å². The Kier molecular flexibility index (Phi) is 15.5. The van der Waals surface area contributed by atoms with Crippen LogP contribution >= 0.6 is 49.8 Å². The molecule has 2 saturated heterocycles. The molecule has 1 unspecified atom stereocenters. The number of thiol groups is 1. The maximum Gasteiger partial charge on any atom is 0.224 e. The highest BCUT2D eigenvalue weighted by Gasteiger charge is 2.58. The Balaban J connectivity index is 0. The van der Waals surface area contributed by atoms with Gasteiger partial charge < -0.3 is 59.8 Å². The lowest BCUT2D eigenvalue weighted by Crippen LogP contribution is -2.62. The Morgan fingerprint density at radius 1 is 0.867 bits per heavy atom. The van der Waals surface area contributed by atoms with E-state index in [1.165, 1.54) is 0 Å². The molecule has 2 aliphatic rings. The first kappa shape index (κ1) is 32.9. The predicted molar refractivity (Wildman–Crippen MR) is 109 cm³/mol. The number of ether oxygens (including phenoxy) is 4. The minimum atomic E-state index is -2.25. The van der Waals surface area contributed by atoms with E-state index in [0.29, 0.717) is 0 Å². The summed E-state index contributed by atoms with van der Waals surface area (Å²) in [5.41, 5.74) is -0.881. The zero-order chi connectivity index (χ0) is 20.4. The van der Waals surface area contributed by atoms with E-state index >= 15 is 0 Å². The van der Waals surface area contributed by atoms with Gasteiger partial charge >= 0.3 is 0 Å². The molecule has 10 atom stereocenters. The molecule has 0 amide bonds. The molecule has 8 N–H and O–H groups in total. The fourth-order valence-corrected chi connectivity index (χ4v) is 2.96. The van der Waals surface area contributed by atoms with Crippen molar-refractivity contribution in [3.8, 4) is 0 Å². The second-order valence-corrected chi connectivity index (χ2v) is 6.92. The summed E-state index contributed by atoms with van der Waals surface area (Å²) in [6.45, 7) is -2.42. The van der Waals surface area contributed by atoms with Gasteiger partial charge in [0.25, 0.3) is 0 Å². The Morgan fingerprint density at radius 3 is 1.93 bits per heavy atom. The lowest BCUT2D eigenvalue weighted by molar-refractivity contribution is -0.384. The lowest BCUT2D eigenvalue weighted by Gasteiger charge is -2.43. The molecule has 30 heavy (non-hydrogen) atoms. The molecule has 0 bridgehead atoms. The summed E-state index contributed by atoms with van der Waals surface area (Å²) in [4.78, 5) is 0. The van der Waals surface area contributed by atoms with Crippen LogP contribution in [0.4, 0.5) is 0 Å². The van der Waals surface area contributed by atoms with Gasteiger partial charge in [-0.2, -0.15) is 0 Å². The van der Waals surface area contributed by atoms with E-state index in [2.05, 4.69) is 12.6 Å². The summed E-state index contributed by atoms with van der Waals surface area (Å²) in [5, 5.41) is 77.8. The van der Waals surface area contributed by atoms with Crippen molar-refractivity contribution in [3.63, 3.8) is 0 Å². The topological polar surface area (TPSA) is 199 Å². The van der Waals surface area contributed by atoms with Gasteiger partial charge in [-0.05, 0) is 0 Å². The normalized spacial score (nSPS) is 41.9. The minimum absolute atomic E-state index is 0. The van der Waals surface area contributed by atoms with Crippen LogP contribution < -0.4 is 0 Å². The number of halogens is 3. The van der Waals surface area contributed by atoms with Gasteiger partial charge in [0.2, 0.25) is 5.79 Å². The number of hydrogen-bond donors (Lipinski definition) is 9. The van der Waals surface area contributed by atoms with Crippen LogP contribution in [0.1, 0.15) is 0 Å². The lowest BCUT2D eigenvalue weighted by atomic mass is 9.99. The van der Waals surface area contributed by atoms with Gasteiger partial charge in [-0.15, -0.1) is 49.8 Å². The van der Waals surface area contributed by atoms with Crippen LogP contribution in [0, 0.1) is 0 Å². The standard InChI is InChI=1S/C14H26O12S.3ClH/c15-1-5-9(19)12(22)14(4-17,25-5)26-13-11(21)10(20)8(18)6(24-13)3-23-7(27)2-16;;;/h5-13,15-22,27H,1-4H2;3*1H/t5-,6-,7?,8-,9-,10+,11-,12+,13-,14+;;;/m1.../s1. The Bertz CT molecular complexity index is 485. The van der Waals surface area contributed by atoms with E-state index in [4.69, 9.17) is 24.1 Å². The predicted octanol–water partition coefficient (Wildman–Crippen LogP) is -3.86. The fraction of sp³-hybridized carbons (Fsp3) is 1.00. The molecule has 2 rings (SSSR count). The van der Waals surface area contributed by atoms with Gasteiger partial charge in [0.05, 0.1) is 19.8 Å². The molecule has 0 aromatic carbocycles. The van der Waals surface area contributed by atoms with Gasteiger partial charge in [-0.3, -0.25) is 0 Å². The molecule has 0 radical (unpaired) electrons. The van der Waals surface area contributed by atoms with Crippen LogP contribution in [0.2, 0.25) is 0 Å². The van der Waals surface area contributed by atoms with E-state index in [1.54, 1.807) is 0 Å². The highest BCUT2D eigenvalue weighted by molar-refractivity contribution is 7.80. The third-order valence-corrected chi connectivity index (χ3v) is 4.81. The zero-order valence-corrected chi connectivity index (χ0v) is 18.8. The van der Waals surface area contributed by atoms with Gasteiger partial charge in [0.1, 0.15) is 54.8 Å². The third-order valence-electron chi connectivity index (χ3n) is 4.50. The van der Waals surface area contributed by atoms with Crippen LogP contribution in [0.15, 0.2) is 0 Å². The molecule has 0 aromatic heterocycles. The van der Waals surface area contributed by atoms with Crippen molar-refractivity contribution in [1.29, 1.82) is 0 Å². The largest absolute Gasteiger partial charge is 0.394 e. The monoisotopic (exact) mass is 526 g/mol. The number of aliphatic hydroxyl groups is 8. The number of aliphatic hydroxyl groups excluding tert-OH is 8. The maximum atomic E-state index is 10.1. The molecule has 12 nitrogen and oxygen atoms in total. The van der Waals surface area contributed by atoms with Crippen molar-refractivity contribution in [1.82, 2.24) is 0 Å². The van der Waals surface area contributed by atoms with E-state index in [9.17, 15) is 35.7 Å². The van der Waals surface area contributed by atoms with Crippen LogP contribution in [0.25, 0.3) is 0 Å². The van der Waals surface area contributed by atoms with Gasteiger partial charge in [0, 0.05) is 0 Å². The van der Waals surface area contributed by atoms with Gasteiger partial charge in [-0.25, -0.2) is 0 Å². The Labute approximate surface area is 196 Å². The second-order valence-electron chi connectivity index (χ2n) is 6.35. The van der Waals surface area contributed by atoms with Gasteiger partial charge in [-0.1, -0.05) is 0 Å². The van der Waals surface area contributed by atoms with Crippen molar-refractivity contribution in [3.05, 3.63) is 0 Å². The van der Waals surface area contributed by atoms with Crippen molar-refractivity contribution >= 4 is 49.8 Å². The van der Waals surface area contributed by atoms with E-state index in [-0.39, 0.29) is 43.8 Å².